The van der Waals surface area contributed by atoms with E-state index >= 15 is 0 Å². The third kappa shape index (κ3) is 3.99. The Morgan fingerprint density at radius 2 is 1.90 bits per heavy atom. The first-order chi connectivity index (χ1) is 9.69. The maximum Gasteiger partial charge on any atom is 0.243 e. The number of halogens is 1. The zero-order valence-electron chi connectivity index (χ0n) is 11.0. The number of nitrogens with one attached hydrogen (secondary N) is 2. The molecule has 0 aromatic heterocycles. The second-order valence-corrected chi connectivity index (χ2v) is 4.97. The summed E-state index contributed by atoms with van der Waals surface area (Å²) in [4.78, 5) is 11.8. The van der Waals surface area contributed by atoms with Crippen LogP contribution < -0.4 is 15.4 Å². The van der Waals surface area contributed by atoms with E-state index < -0.39 is 0 Å². The second-order valence-electron chi connectivity index (χ2n) is 4.12. The van der Waals surface area contributed by atoms with Gasteiger partial charge in [-0.2, -0.15) is 0 Å². The van der Waals surface area contributed by atoms with Crippen molar-refractivity contribution in [2.75, 3.05) is 24.3 Å². The minimum atomic E-state index is -0.0943. The van der Waals surface area contributed by atoms with Crippen LogP contribution in [0.5, 0.6) is 5.75 Å². The number of ether oxygens (including phenoxy) is 1. The van der Waals surface area contributed by atoms with E-state index in [2.05, 4.69) is 26.6 Å². The fraction of sp³-hybridized carbons (Fsp3) is 0.133. The van der Waals surface area contributed by atoms with Gasteiger partial charge >= 0.3 is 0 Å². The first kappa shape index (κ1) is 14.4. The summed E-state index contributed by atoms with van der Waals surface area (Å²) in [5.41, 5.74) is 1.64. The lowest BCUT2D eigenvalue weighted by Gasteiger charge is -2.09. The summed E-state index contributed by atoms with van der Waals surface area (Å²) in [7, 11) is 1.61. The fourth-order valence-electron chi connectivity index (χ4n) is 1.69. The molecular weight excluding hydrogens is 320 g/mol. The highest BCUT2D eigenvalue weighted by Crippen LogP contribution is 2.27. The molecule has 0 bridgehead atoms. The van der Waals surface area contributed by atoms with Crippen LogP contribution in [0.2, 0.25) is 0 Å². The monoisotopic (exact) mass is 334 g/mol. The van der Waals surface area contributed by atoms with Crippen molar-refractivity contribution in [3.63, 3.8) is 0 Å². The van der Waals surface area contributed by atoms with Crippen molar-refractivity contribution in [3.05, 3.63) is 53.0 Å². The molecule has 0 heterocycles. The first-order valence-electron chi connectivity index (χ1n) is 6.11. The van der Waals surface area contributed by atoms with Crippen LogP contribution in [0.1, 0.15) is 0 Å². The number of hydrogen-bond acceptors (Lipinski definition) is 3. The van der Waals surface area contributed by atoms with Crippen LogP contribution in [-0.4, -0.2) is 19.6 Å². The van der Waals surface area contributed by atoms with Gasteiger partial charge in [-0.05, 0) is 46.3 Å². The maximum atomic E-state index is 11.8. The number of carbonyl (C=O) groups excluding carboxylic acids is 1. The predicted octanol–water partition coefficient (Wildman–Crippen LogP) is 3.51. The normalized spacial score (nSPS) is 9.90. The molecular formula is C15H15BrN2O2. The Labute approximate surface area is 126 Å². The van der Waals surface area contributed by atoms with Crippen LogP contribution in [0.4, 0.5) is 11.4 Å². The van der Waals surface area contributed by atoms with Gasteiger partial charge in [0, 0.05) is 11.4 Å². The Bertz CT molecular complexity index is 588. The topological polar surface area (TPSA) is 50.4 Å². The fourth-order valence-corrected chi connectivity index (χ4v) is 2.23. The Morgan fingerprint density at radius 3 is 2.55 bits per heavy atom. The number of carbonyl (C=O) groups is 1. The molecule has 1 amide bonds. The molecule has 2 rings (SSSR count). The van der Waals surface area contributed by atoms with Crippen LogP contribution in [0.3, 0.4) is 0 Å². The molecule has 0 aliphatic heterocycles. The third-order valence-electron chi connectivity index (χ3n) is 2.66. The number of amides is 1. The minimum absolute atomic E-state index is 0.0943. The molecule has 4 nitrogen and oxygen atoms in total. The van der Waals surface area contributed by atoms with Gasteiger partial charge in [0.25, 0.3) is 0 Å². The van der Waals surface area contributed by atoms with Gasteiger partial charge in [0.1, 0.15) is 5.75 Å². The van der Waals surface area contributed by atoms with Crippen molar-refractivity contribution < 1.29 is 9.53 Å². The summed E-state index contributed by atoms with van der Waals surface area (Å²) in [5, 5.41) is 5.87. The summed E-state index contributed by atoms with van der Waals surface area (Å²) >= 11 is 3.40. The number of methoxy groups -OCH3 is 1. The molecule has 0 saturated heterocycles. The molecule has 0 unspecified atom stereocenters. The molecule has 0 atom stereocenters. The number of benzene rings is 2. The molecule has 0 saturated carbocycles. The van der Waals surface area contributed by atoms with Crippen LogP contribution in [0, 0.1) is 0 Å². The Balaban J connectivity index is 1.89. The van der Waals surface area contributed by atoms with Gasteiger partial charge in [0.2, 0.25) is 5.91 Å². The van der Waals surface area contributed by atoms with Gasteiger partial charge < -0.3 is 15.4 Å². The van der Waals surface area contributed by atoms with Crippen molar-refractivity contribution in [1.82, 2.24) is 0 Å². The maximum absolute atomic E-state index is 11.8. The summed E-state index contributed by atoms with van der Waals surface area (Å²) in [6, 6.07) is 14.9. The number of anilines is 2. The predicted molar refractivity (Wildman–Crippen MR) is 84.3 cm³/mol. The van der Waals surface area contributed by atoms with Crippen LogP contribution in [0.15, 0.2) is 53.0 Å². The minimum Gasteiger partial charge on any atom is -0.496 e. The van der Waals surface area contributed by atoms with Crippen molar-refractivity contribution in [2.24, 2.45) is 0 Å². The van der Waals surface area contributed by atoms with Crippen molar-refractivity contribution in [2.45, 2.75) is 0 Å². The highest BCUT2D eigenvalue weighted by atomic mass is 79.9. The SMILES string of the molecule is COc1ccc(NCC(=O)Nc2ccccc2)cc1Br. The average molecular weight is 335 g/mol. The molecule has 2 aromatic rings. The molecule has 104 valence electrons. The van der Waals surface area contributed by atoms with Gasteiger partial charge in [-0.25, -0.2) is 0 Å². The molecule has 0 radical (unpaired) electrons. The highest BCUT2D eigenvalue weighted by molar-refractivity contribution is 9.10. The van der Waals surface area contributed by atoms with E-state index in [1.54, 1.807) is 7.11 Å². The van der Waals surface area contributed by atoms with E-state index in [9.17, 15) is 4.79 Å². The van der Waals surface area contributed by atoms with Crippen molar-refractivity contribution in [3.8, 4) is 5.75 Å². The zero-order valence-corrected chi connectivity index (χ0v) is 12.6. The van der Waals surface area contributed by atoms with E-state index in [4.69, 9.17) is 4.74 Å². The number of para-hydroxylation sites is 1. The lowest BCUT2D eigenvalue weighted by Crippen LogP contribution is -2.21. The summed E-state index contributed by atoms with van der Waals surface area (Å²) in [6.07, 6.45) is 0. The summed E-state index contributed by atoms with van der Waals surface area (Å²) in [6.45, 7) is 0.202. The van der Waals surface area contributed by atoms with Crippen LogP contribution >= 0.6 is 15.9 Å². The van der Waals surface area contributed by atoms with Crippen molar-refractivity contribution in [1.29, 1.82) is 0 Å². The van der Waals surface area contributed by atoms with Gasteiger partial charge in [0.05, 0.1) is 18.1 Å². The van der Waals surface area contributed by atoms with E-state index in [1.165, 1.54) is 0 Å². The van der Waals surface area contributed by atoms with Gasteiger partial charge in [-0.3, -0.25) is 4.79 Å². The molecule has 2 aromatic carbocycles. The third-order valence-corrected chi connectivity index (χ3v) is 3.28. The Hall–Kier alpha value is -2.01. The Kier molecular flexibility index (Phi) is 5.01. The van der Waals surface area contributed by atoms with Gasteiger partial charge in [-0.15, -0.1) is 0 Å². The first-order valence-corrected chi connectivity index (χ1v) is 6.90. The lowest BCUT2D eigenvalue weighted by atomic mass is 10.3. The Morgan fingerprint density at radius 1 is 1.15 bits per heavy atom. The number of hydrogen-bond donors (Lipinski definition) is 2. The van der Waals surface area contributed by atoms with Gasteiger partial charge in [0.15, 0.2) is 0 Å². The number of rotatable bonds is 5. The van der Waals surface area contributed by atoms with Crippen LogP contribution in [-0.2, 0) is 4.79 Å². The molecule has 0 spiro atoms. The quantitative estimate of drug-likeness (QED) is 0.879. The average Bonchev–Trinajstić information content (AvgIpc) is 2.46. The van der Waals surface area contributed by atoms with Gasteiger partial charge in [-0.1, -0.05) is 18.2 Å². The summed E-state index contributed by atoms with van der Waals surface area (Å²) in [5.74, 6) is 0.660. The molecule has 0 aliphatic carbocycles. The van der Waals surface area contributed by atoms with Crippen LogP contribution in [0.25, 0.3) is 0 Å². The van der Waals surface area contributed by atoms with Crippen molar-refractivity contribution >= 4 is 33.2 Å². The second kappa shape index (κ2) is 6.96. The molecule has 0 fully saturated rings. The lowest BCUT2D eigenvalue weighted by molar-refractivity contribution is -0.114. The largest absolute Gasteiger partial charge is 0.496 e. The molecule has 5 heteroatoms. The summed E-state index contributed by atoms with van der Waals surface area (Å²) < 4.78 is 5.99. The zero-order chi connectivity index (χ0) is 14.4. The standard InChI is InChI=1S/C15H15BrN2O2/c1-20-14-8-7-12(9-13(14)16)17-10-15(19)18-11-5-3-2-4-6-11/h2-9,17H,10H2,1H3,(H,18,19). The van der Waals surface area contributed by atoms with E-state index in [0.29, 0.717) is 0 Å². The van der Waals surface area contributed by atoms with E-state index in [-0.39, 0.29) is 12.5 Å². The highest BCUT2D eigenvalue weighted by Gasteiger charge is 2.04. The molecule has 0 aliphatic rings. The molecule has 20 heavy (non-hydrogen) atoms. The molecule has 2 N–H and O–H groups in total. The van der Waals surface area contributed by atoms with E-state index in [0.717, 1.165) is 21.6 Å². The smallest absolute Gasteiger partial charge is 0.243 e. The van der Waals surface area contributed by atoms with E-state index in [1.807, 2.05) is 48.5 Å².